The second-order valence-corrected chi connectivity index (χ2v) is 5.39. The second-order valence-electron chi connectivity index (χ2n) is 5.39. The summed E-state index contributed by atoms with van der Waals surface area (Å²) in [6, 6.07) is 0. The number of aryl methyl sites for hydroxylation is 2. The third-order valence-corrected chi connectivity index (χ3v) is 4.05. The Bertz CT molecular complexity index is 332. The Morgan fingerprint density at radius 2 is 1.82 bits per heavy atom. The van der Waals surface area contributed by atoms with Crippen LogP contribution in [-0.4, -0.2) is 14.9 Å². The fourth-order valence-electron chi connectivity index (χ4n) is 3.01. The number of nitrogens with zero attached hydrogens (tertiary/aromatic N) is 2. The minimum absolute atomic E-state index is 0.333. The molecular weight excluding hydrogens is 212 g/mol. The van der Waals surface area contributed by atoms with Gasteiger partial charge in [-0.1, -0.05) is 32.1 Å². The minimum Gasteiger partial charge on any atom is -0.387 e. The monoisotopic (exact) mass is 236 g/mol. The lowest BCUT2D eigenvalue weighted by atomic mass is 9.85. The molecule has 3 nitrogen and oxygen atoms in total. The first-order valence-electron chi connectivity index (χ1n) is 6.86. The molecule has 1 aliphatic carbocycles. The highest BCUT2D eigenvalue weighted by atomic mass is 16.3. The zero-order valence-corrected chi connectivity index (χ0v) is 11.0. The van der Waals surface area contributed by atoms with E-state index in [2.05, 4.69) is 5.10 Å². The molecule has 0 aliphatic heterocycles. The van der Waals surface area contributed by atoms with Gasteiger partial charge in [-0.05, 0) is 31.2 Å². The second kappa shape index (κ2) is 5.67. The van der Waals surface area contributed by atoms with Gasteiger partial charge in [0.15, 0.2) is 0 Å². The Balaban J connectivity index is 2.09. The SMILES string of the molecule is Cc1cnn(C)c1C(O)C1CCCCCCC1. The van der Waals surface area contributed by atoms with E-state index in [1.54, 1.807) is 0 Å². The molecule has 1 heterocycles. The number of aliphatic hydroxyl groups is 1. The third-order valence-electron chi connectivity index (χ3n) is 4.05. The molecule has 96 valence electrons. The maximum Gasteiger partial charge on any atom is 0.0987 e. The van der Waals surface area contributed by atoms with Gasteiger partial charge in [0.2, 0.25) is 0 Å². The van der Waals surface area contributed by atoms with Gasteiger partial charge in [0.05, 0.1) is 18.0 Å². The first kappa shape index (κ1) is 12.6. The van der Waals surface area contributed by atoms with Crippen LogP contribution < -0.4 is 0 Å². The Morgan fingerprint density at radius 3 is 2.35 bits per heavy atom. The Hall–Kier alpha value is -0.830. The van der Waals surface area contributed by atoms with Gasteiger partial charge in [0, 0.05) is 7.05 Å². The zero-order chi connectivity index (χ0) is 12.3. The van der Waals surface area contributed by atoms with Gasteiger partial charge in [0.1, 0.15) is 0 Å². The predicted molar refractivity (Wildman–Crippen MR) is 68.7 cm³/mol. The highest BCUT2D eigenvalue weighted by Crippen LogP contribution is 2.33. The summed E-state index contributed by atoms with van der Waals surface area (Å²) in [7, 11) is 1.93. The average Bonchev–Trinajstić information content (AvgIpc) is 2.57. The lowest BCUT2D eigenvalue weighted by Gasteiger charge is -2.25. The number of aliphatic hydroxyl groups excluding tert-OH is 1. The molecule has 1 saturated carbocycles. The summed E-state index contributed by atoms with van der Waals surface area (Å²) >= 11 is 0. The molecule has 17 heavy (non-hydrogen) atoms. The van der Waals surface area contributed by atoms with Crippen molar-refractivity contribution in [3.05, 3.63) is 17.5 Å². The van der Waals surface area contributed by atoms with E-state index in [0.717, 1.165) is 24.1 Å². The molecule has 1 N–H and O–H groups in total. The molecule has 1 atom stereocenters. The highest BCUT2D eigenvalue weighted by molar-refractivity contribution is 5.18. The molecule has 1 aromatic heterocycles. The standard InChI is InChI=1S/C14H24N2O/c1-11-10-15-16(2)13(11)14(17)12-8-6-4-3-5-7-9-12/h10,12,14,17H,3-9H2,1-2H3. The molecule has 0 amide bonds. The fourth-order valence-corrected chi connectivity index (χ4v) is 3.01. The first-order valence-corrected chi connectivity index (χ1v) is 6.86. The van der Waals surface area contributed by atoms with E-state index in [0.29, 0.717) is 5.92 Å². The van der Waals surface area contributed by atoms with Crippen molar-refractivity contribution in [2.75, 3.05) is 0 Å². The van der Waals surface area contributed by atoms with Crippen LogP contribution in [0.15, 0.2) is 6.20 Å². The van der Waals surface area contributed by atoms with Crippen LogP contribution in [-0.2, 0) is 7.05 Å². The van der Waals surface area contributed by atoms with Crippen LogP contribution in [0.3, 0.4) is 0 Å². The quantitative estimate of drug-likeness (QED) is 0.856. The summed E-state index contributed by atoms with van der Waals surface area (Å²) in [5.74, 6) is 0.421. The van der Waals surface area contributed by atoms with Crippen LogP contribution in [0.4, 0.5) is 0 Å². The average molecular weight is 236 g/mol. The minimum atomic E-state index is -0.333. The molecule has 0 bridgehead atoms. The van der Waals surface area contributed by atoms with E-state index in [9.17, 15) is 5.11 Å². The lowest BCUT2D eigenvalue weighted by Crippen LogP contribution is -2.18. The van der Waals surface area contributed by atoms with E-state index in [4.69, 9.17) is 0 Å². The molecule has 1 fully saturated rings. The summed E-state index contributed by atoms with van der Waals surface area (Å²) in [5.41, 5.74) is 2.12. The van der Waals surface area contributed by atoms with Gasteiger partial charge < -0.3 is 5.11 Å². The zero-order valence-electron chi connectivity index (χ0n) is 11.0. The van der Waals surface area contributed by atoms with Crippen molar-refractivity contribution in [3.8, 4) is 0 Å². The topological polar surface area (TPSA) is 38.0 Å². The molecule has 0 aromatic carbocycles. The maximum atomic E-state index is 10.6. The van der Waals surface area contributed by atoms with Crippen molar-refractivity contribution in [2.45, 2.75) is 58.0 Å². The van der Waals surface area contributed by atoms with Crippen molar-refractivity contribution in [2.24, 2.45) is 13.0 Å². The van der Waals surface area contributed by atoms with Gasteiger partial charge in [-0.3, -0.25) is 4.68 Å². The predicted octanol–water partition coefficient (Wildman–Crippen LogP) is 3.12. The van der Waals surface area contributed by atoms with E-state index in [1.165, 1.54) is 32.1 Å². The van der Waals surface area contributed by atoms with Crippen molar-refractivity contribution in [1.82, 2.24) is 9.78 Å². The fraction of sp³-hybridized carbons (Fsp3) is 0.786. The number of hydrogen-bond donors (Lipinski definition) is 1. The van der Waals surface area contributed by atoms with Crippen molar-refractivity contribution >= 4 is 0 Å². The van der Waals surface area contributed by atoms with Gasteiger partial charge in [0.25, 0.3) is 0 Å². The van der Waals surface area contributed by atoms with Crippen LogP contribution >= 0.6 is 0 Å². The lowest BCUT2D eigenvalue weighted by molar-refractivity contribution is 0.0833. The summed E-state index contributed by atoms with van der Waals surface area (Å²) in [6.45, 7) is 2.04. The van der Waals surface area contributed by atoms with E-state index in [-0.39, 0.29) is 6.10 Å². The van der Waals surface area contributed by atoms with Gasteiger partial charge in [-0.25, -0.2) is 0 Å². The maximum absolute atomic E-state index is 10.6. The summed E-state index contributed by atoms with van der Waals surface area (Å²) in [5, 5.41) is 14.8. The third kappa shape index (κ3) is 2.89. The number of aromatic nitrogens is 2. The summed E-state index contributed by atoms with van der Waals surface area (Å²) < 4.78 is 1.83. The van der Waals surface area contributed by atoms with Crippen LogP contribution in [0.2, 0.25) is 0 Å². The molecule has 1 aliphatic rings. The number of rotatable bonds is 2. The Morgan fingerprint density at radius 1 is 1.24 bits per heavy atom. The van der Waals surface area contributed by atoms with Crippen molar-refractivity contribution in [3.63, 3.8) is 0 Å². The molecule has 3 heteroatoms. The van der Waals surface area contributed by atoms with Crippen LogP contribution in [0.5, 0.6) is 0 Å². The van der Waals surface area contributed by atoms with Crippen LogP contribution in [0.1, 0.15) is 62.3 Å². The molecule has 0 saturated heterocycles. The normalized spacial score (nSPS) is 20.9. The Kier molecular flexibility index (Phi) is 4.21. The molecule has 0 spiro atoms. The summed E-state index contributed by atoms with van der Waals surface area (Å²) in [6.07, 6.45) is 10.4. The van der Waals surface area contributed by atoms with Gasteiger partial charge in [-0.2, -0.15) is 5.10 Å². The molecule has 1 aromatic rings. The van der Waals surface area contributed by atoms with Crippen LogP contribution in [0.25, 0.3) is 0 Å². The number of hydrogen-bond acceptors (Lipinski definition) is 2. The van der Waals surface area contributed by atoms with Crippen molar-refractivity contribution < 1.29 is 5.11 Å². The molecule has 1 unspecified atom stereocenters. The van der Waals surface area contributed by atoms with Gasteiger partial charge in [-0.15, -0.1) is 0 Å². The largest absolute Gasteiger partial charge is 0.387 e. The Labute approximate surface area is 104 Å². The molecular formula is C14H24N2O. The van der Waals surface area contributed by atoms with Crippen LogP contribution in [0, 0.1) is 12.8 Å². The van der Waals surface area contributed by atoms with E-state index in [1.807, 2.05) is 24.9 Å². The smallest absolute Gasteiger partial charge is 0.0987 e. The first-order chi connectivity index (χ1) is 8.20. The highest BCUT2D eigenvalue weighted by Gasteiger charge is 2.25. The van der Waals surface area contributed by atoms with E-state index >= 15 is 0 Å². The molecule has 0 radical (unpaired) electrons. The van der Waals surface area contributed by atoms with Gasteiger partial charge >= 0.3 is 0 Å². The van der Waals surface area contributed by atoms with Crippen molar-refractivity contribution in [1.29, 1.82) is 0 Å². The van der Waals surface area contributed by atoms with E-state index < -0.39 is 0 Å². The summed E-state index contributed by atoms with van der Waals surface area (Å²) in [4.78, 5) is 0. The molecule has 2 rings (SSSR count).